The smallest absolute Gasteiger partial charge is 0.337 e. The third-order valence-electron chi connectivity index (χ3n) is 4.35. The summed E-state index contributed by atoms with van der Waals surface area (Å²) in [7, 11) is 1.30. The van der Waals surface area contributed by atoms with Crippen LogP contribution < -0.4 is 5.32 Å². The fourth-order valence-corrected chi connectivity index (χ4v) is 2.83. The number of hydrogen-bond acceptors (Lipinski definition) is 5. The molecule has 0 aliphatic carbocycles. The predicted molar refractivity (Wildman–Crippen MR) is 113 cm³/mol. The summed E-state index contributed by atoms with van der Waals surface area (Å²) < 4.78 is 19.5. The molecule has 0 unspecified atom stereocenters. The zero-order chi connectivity index (χ0) is 22.2. The van der Waals surface area contributed by atoms with E-state index in [1.807, 2.05) is 0 Å². The highest BCUT2D eigenvalue weighted by Crippen LogP contribution is 2.24. The Morgan fingerprint density at radius 1 is 1.19 bits per heavy atom. The lowest BCUT2D eigenvalue weighted by molar-refractivity contribution is -0.111. The molecule has 3 aromatic rings. The molecule has 2 aromatic carbocycles. The van der Waals surface area contributed by atoms with Gasteiger partial charge in [-0.2, -0.15) is 10.4 Å². The lowest BCUT2D eigenvalue weighted by atomic mass is 10.1. The van der Waals surface area contributed by atoms with Crippen LogP contribution in [0.1, 0.15) is 22.3 Å². The van der Waals surface area contributed by atoms with Crippen molar-refractivity contribution in [3.8, 4) is 17.3 Å². The van der Waals surface area contributed by atoms with Crippen LogP contribution in [0.15, 0.2) is 60.8 Å². The Balaban J connectivity index is 1.77. The summed E-state index contributed by atoms with van der Waals surface area (Å²) in [6, 6.07) is 14.2. The maximum Gasteiger partial charge on any atom is 0.337 e. The normalized spacial score (nSPS) is 10.6. The number of hydrogen-bond donors (Lipinski definition) is 1. The molecule has 0 spiro atoms. The van der Waals surface area contributed by atoms with Crippen molar-refractivity contribution < 1.29 is 18.7 Å². The van der Waals surface area contributed by atoms with Gasteiger partial charge in [-0.1, -0.05) is 0 Å². The SMILES string of the molecule is COC(=O)c1ccc(NC(=O)/C=C/c2cn(CCC#N)nc2-c2ccc(F)cc2)cc1. The number of benzene rings is 2. The van der Waals surface area contributed by atoms with Crippen molar-refractivity contribution in [1.29, 1.82) is 5.26 Å². The Labute approximate surface area is 178 Å². The minimum Gasteiger partial charge on any atom is -0.465 e. The molecule has 0 atom stereocenters. The van der Waals surface area contributed by atoms with Gasteiger partial charge in [-0.05, 0) is 54.6 Å². The first kappa shape index (κ1) is 21.5. The molecular formula is C23H19FN4O3. The number of esters is 1. The molecule has 0 saturated heterocycles. The zero-order valence-electron chi connectivity index (χ0n) is 16.7. The van der Waals surface area contributed by atoms with Gasteiger partial charge in [0.05, 0.1) is 37.4 Å². The van der Waals surface area contributed by atoms with E-state index in [2.05, 4.69) is 21.2 Å². The molecule has 0 fully saturated rings. The Hall–Kier alpha value is -4.25. The van der Waals surface area contributed by atoms with Crippen LogP contribution in [-0.4, -0.2) is 28.8 Å². The van der Waals surface area contributed by atoms with Gasteiger partial charge in [0.15, 0.2) is 0 Å². The van der Waals surface area contributed by atoms with Crippen LogP contribution in [0.3, 0.4) is 0 Å². The summed E-state index contributed by atoms with van der Waals surface area (Å²) in [4.78, 5) is 23.8. The zero-order valence-corrected chi connectivity index (χ0v) is 16.7. The van der Waals surface area contributed by atoms with E-state index >= 15 is 0 Å². The van der Waals surface area contributed by atoms with Crippen LogP contribution in [0.4, 0.5) is 10.1 Å². The third kappa shape index (κ3) is 5.64. The average Bonchev–Trinajstić information content (AvgIpc) is 3.19. The van der Waals surface area contributed by atoms with Crippen molar-refractivity contribution in [2.24, 2.45) is 0 Å². The third-order valence-corrected chi connectivity index (χ3v) is 4.35. The molecule has 8 heteroatoms. The van der Waals surface area contributed by atoms with Gasteiger partial charge in [0.25, 0.3) is 0 Å². The van der Waals surface area contributed by atoms with Crippen LogP contribution >= 0.6 is 0 Å². The highest BCUT2D eigenvalue weighted by molar-refractivity contribution is 6.02. The maximum atomic E-state index is 13.3. The van der Waals surface area contributed by atoms with Crippen molar-refractivity contribution >= 4 is 23.6 Å². The average molecular weight is 418 g/mol. The van der Waals surface area contributed by atoms with Crippen molar-refractivity contribution in [3.63, 3.8) is 0 Å². The maximum absolute atomic E-state index is 13.3. The first-order chi connectivity index (χ1) is 15.0. The Morgan fingerprint density at radius 3 is 2.55 bits per heavy atom. The van der Waals surface area contributed by atoms with E-state index < -0.39 is 5.97 Å². The van der Waals surface area contributed by atoms with E-state index in [1.165, 1.54) is 25.3 Å². The number of ether oxygens (including phenoxy) is 1. The molecule has 0 saturated carbocycles. The number of aryl methyl sites for hydroxylation is 1. The van der Waals surface area contributed by atoms with Gasteiger partial charge in [0, 0.05) is 29.1 Å². The van der Waals surface area contributed by atoms with E-state index in [-0.39, 0.29) is 18.1 Å². The van der Waals surface area contributed by atoms with Gasteiger partial charge < -0.3 is 10.1 Å². The van der Waals surface area contributed by atoms with Gasteiger partial charge >= 0.3 is 5.97 Å². The minimum atomic E-state index is -0.459. The Kier molecular flexibility index (Phi) is 6.91. The molecule has 156 valence electrons. The van der Waals surface area contributed by atoms with Crippen molar-refractivity contribution in [2.75, 3.05) is 12.4 Å². The molecule has 3 rings (SSSR count). The van der Waals surface area contributed by atoms with E-state index in [0.717, 1.165) is 0 Å². The summed E-state index contributed by atoms with van der Waals surface area (Å²) >= 11 is 0. The molecule has 1 N–H and O–H groups in total. The van der Waals surface area contributed by atoms with Gasteiger partial charge in [0.2, 0.25) is 5.91 Å². The van der Waals surface area contributed by atoms with Crippen molar-refractivity contribution in [1.82, 2.24) is 9.78 Å². The number of anilines is 1. The van der Waals surface area contributed by atoms with Crippen LogP contribution in [0, 0.1) is 17.1 Å². The van der Waals surface area contributed by atoms with E-state index in [0.29, 0.717) is 34.6 Å². The second-order valence-electron chi connectivity index (χ2n) is 6.50. The standard InChI is InChI=1S/C23H19FN4O3/c1-31-23(30)17-5-10-20(11-6-17)26-21(29)12-7-18-15-28(14-2-13-25)27-22(18)16-3-8-19(24)9-4-16/h3-12,15H,2,14H2,1H3,(H,26,29)/b12-7+. The Bertz CT molecular complexity index is 1140. The molecule has 1 heterocycles. The second-order valence-corrected chi connectivity index (χ2v) is 6.50. The largest absolute Gasteiger partial charge is 0.465 e. The van der Waals surface area contributed by atoms with E-state index in [9.17, 15) is 14.0 Å². The highest BCUT2D eigenvalue weighted by atomic mass is 19.1. The molecular weight excluding hydrogens is 399 g/mol. The lowest BCUT2D eigenvalue weighted by Gasteiger charge is -2.03. The van der Waals surface area contributed by atoms with E-state index in [1.54, 1.807) is 53.4 Å². The van der Waals surface area contributed by atoms with Crippen LogP contribution in [-0.2, 0) is 16.1 Å². The highest BCUT2D eigenvalue weighted by Gasteiger charge is 2.11. The fraction of sp³-hybridized carbons (Fsp3) is 0.130. The van der Waals surface area contributed by atoms with Crippen molar-refractivity contribution in [2.45, 2.75) is 13.0 Å². The molecule has 0 aliphatic rings. The molecule has 7 nitrogen and oxygen atoms in total. The molecule has 0 aliphatic heterocycles. The first-order valence-electron chi connectivity index (χ1n) is 9.38. The Morgan fingerprint density at radius 2 is 1.90 bits per heavy atom. The van der Waals surface area contributed by atoms with Gasteiger partial charge in [0.1, 0.15) is 5.82 Å². The summed E-state index contributed by atoms with van der Waals surface area (Å²) in [6.45, 7) is 0.400. The summed E-state index contributed by atoms with van der Waals surface area (Å²) in [6.07, 6.45) is 4.97. The molecule has 0 radical (unpaired) electrons. The summed E-state index contributed by atoms with van der Waals surface area (Å²) in [5.41, 5.74) is 2.82. The van der Waals surface area contributed by atoms with Crippen molar-refractivity contribution in [3.05, 3.63) is 77.7 Å². The fourth-order valence-electron chi connectivity index (χ4n) is 2.83. The quantitative estimate of drug-likeness (QED) is 0.461. The van der Waals surface area contributed by atoms with E-state index in [4.69, 9.17) is 5.26 Å². The first-order valence-corrected chi connectivity index (χ1v) is 9.38. The number of rotatable bonds is 7. The van der Waals surface area contributed by atoms with Crippen LogP contribution in [0.5, 0.6) is 0 Å². The predicted octanol–water partition coefficient (Wildman–Crippen LogP) is 4.04. The minimum absolute atomic E-state index is 0.287. The number of carbonyl (C=O) groups is 2. The summed E-state index contributed by atoms with van der Waals surface area (Å²) in [5.74, 6) is -1.19. The number of amides is 1. The monoisotopic (exact) mass is 418 g/mol. The van der Waals surface area contributed by atoms with Gasteiger partial charge in [-0.25, -0.2) is 9.18 Å². The van der Waals surface area contributed by atoms with Crippen LogP contribution in [0.2, 0.25) is 0 Å². The number of nitrogens with zero attached hydrogens (tertiary/aromatic N) is 3. The summed E-state index contributed by atoms with van der Waals surface area (Å²) in [5, 5.41) is 16.0. The number of carbonyl (C=O) groups excluding carboxylic acids is 2. The molecule has 1 amide bonds. The van der Waals surface area contributed by atoms with Crippen LogP contribution in [0.25, 0.3) is 17.3 Å². The topological polar surface area (TPSA) is 97.0 Å². The number of aromatic nitrogens is 2. The lowest BCUT2D eigenvalue weighted by Crippen LogP contribution is -2.08. The molecule has 0 bridgehead atoms. The van der Waals surface area contributed by atoms with Gasteiger partial charge in [-0.15, -0.1) is 0 Å². The number of nitriles is 1. The van der Waals surface area contributed by atoms with Gasteiger partial charge in [-0.3, -0.25) is 9.48 Å². The number of methoxy groups -OCH3 is 1. The second kappa shape index (κ2) is 9.98. The number of halogens is 1. The number of nitrogens with one attached hydrogen (secondary N) is 1. The molecule has 31 heavy (non-hydrogen) atoms. The molecule has 1 aromatic heterocycles.